The lowest BCUT2D eigenvalue weighted by Gasteiger charge is -2.09. The van der Waals surface area contributed by atoms with Gasteiger partial charge in [-0.1, -0.05) is 24.3 Å². The molecule has 0 spiro atoms. The zero-order valence-corrected chi connectivity index (χ0v) is 12.7. The Balaban J connectivity index is 2.25. The fraction of sp³-hybridized carbons (Fsp3) is 0.125. The SMILES string of the molecule is CS(=O)(=O)c1ccccc1C(=O)Nc1ccc(CC#N)cc1. The maximum Gasteiger partial charge on any atom is 0.256 e. The molecule has 0 saturated heterocycles. The molecule has 1 amide bonds. The summed E-state index contributed by atoms with van der Waals surface area (Å²) in [5, 5.41) is 11.3. The van der Waals surface area contributed by atoms with E-state index in [0.717, 1.165) is 11.8 Å². The molecule has 5 nitrogen and oxygen atoms in total. The highest BCUT2D eigenvalue weighted by atomic mass is 32.2. The van der Waals surface area contributed by atoms with Crippen LogP contribution in [0.1, 0.15) is 15.9 Å². The fourth-order valence-corrected chi connectivity index (χ4v) is 2.86. The minimum Gasteiger partial charge on any atom is -0.322 e. The normalized spacial score (nSPS) is 10.7. The third-order valence-electron chi connectivity index (χ3n) is 3.03. The van der Waals surface area contributed by atoms with Crippen LogP contribution in [0.15, 0.2) is 53.4 Å². The molecule has 2 aromatic rings. The molecule has 0 unspecified atom stereocenters. The van der Waals surface area contributed by atoms with Crippen LogP contribution < -0.4 is 5.32 Å². The number of rotatable bonds is 4. The van der Waals surface area contributed by atoms with Crippen molar-refractivity contribution in [3.8, 4) is 6.07 Å². The van der Waals surface area contributed by atoms with Gasteiger partial charge in [0, 0.05) is 11.9 Å². The predicted molar refractivity (Wildman–Crippen MR) is 83.3 cm³/mol. The van der Waals surface area contributed by atoms with Crippen molar-refractivity contribution < 1.29 is 13.2 Å². The summed E-state index contributed by atoms with van der Waals surface area (Å²) in [6, 6.07) is 14.9. The summed E-state index contributed by atoms with van der Waals surface area (Å²) >= 11 is 0. The molecular weight excluding hydrogens is 300 g/mol. The second-order valence-electron chi connectivity index (χ2n) is 4.75. The van der Waals surface area contributed by atoms with Crippen LogP contribution >= 0.6 is 0 Å². The van der Waals surface area contributed by atoms with E-state index in [1.54, 1.807) is 36.4 Å². The van der Waals surface area contributed by atoms with Crippen molar-refractivity contribution in [1.82, 2.24) is 0 Å². The molecule has 0 bridgehead atoms. The van der Waals surface area contributed by atoms with E-state index in [4.69, 9.17) is 5.26 Å². The van der Waals surface area contributed by atoms with Gasteiger partial charge in [0.2, 0.25) is 0 Å². The number of amides is 1. The van der Waals surface area contributed by atoms with Crippen molar-refractivity contribution in [2.24, 2.45) is 0 Å². The molecule has 0 heterocycles. The Morgan fingerprint density at radius 2 is 1.77 bits per heavy atom. The third-order valence-corrected chi connectivity index (χ3v) is 4.18. The number of sulfone groups is 1. The van der Waals surface area contributed by atoms with Crippen molar-refractivity contribution in [2.75, 3.05) is 11.6 Å². The number of nitrogens with zero attached hydrogens (tertiary/aromatic N) is 1. The number of anilines is 1. The van der Waals surface area contributed by atoms with Crippen LogP contribution in [0.5, 0.6) is 0 Å². The fourth-order valence-electron chi connectivity index (χ4n) is 1.97. The standard InChI is InChI=1S/C16H14N2O3S/c1-22(20,21)15-5-3-2-4-14(15)16(19)18-13-8-6-12(7-9-13)10-11-17/h2-9H,10H2,1H3,(H,18,19). The molecule has 0 aliphatic rings. The smallest absolute Gasteiger partial charge is 0.256 e. The van der Waals surface area contributed by atoms with Crippen LogP contribution in [-0.2, 0) is 16.3 Å². The van der Waals surface area contributed by atoms with E-state index in [0.29, 0.717) is 12.1 Å². The first-order valence-corrected chi connectivity index (χ1v) is 8.37. The number of benzene rings is 2. The Hall–Kier alpha value is -2.65. The van der Waals surface area contributed by atoms with E-state index in [1.165, 1.54) is 12.1 Å². The van der Waals surface area contributed by atoms with Gasteiger partial charge in [-0.05, 0) is 29.8 Å². The largest absolute Gasteiger partial charge is 0.322 e. The van der Waals surface area contributed by atoms with Crippen LogP contribution in [0.2, 0.25) is 0 Å². The Morgan fingerprint density at radius 1 is 1.14 bits per heavy atom. The lowest BCUT2D eigenvalue weighted by atomic mass is 10.1. The topological polar surface area (TPSA) is 87.0 Å². The van der Waals surface area contributed by atoms with Gasteiger partial charge in [0.1, 0.15) is 0 Å². The van der Waals surface area contributed by atoms with E-state index < -0.39 is 15.7 Å². The highest BCUT2D eigenvalue weighted by molar-refractivity contribution is 7.90. The first-order chi connectivity index (χ1) is 10.4. The van der Waals surface area contributed by atoms with E-state index >= 15 is 0 Å². The zero-order chi connectivity index (χ0) is 16.2. The van der Waals surface area contributed by atoms with Crippen LogP contribution in [0.25, 0.3) is 0 Å². The molecule has 0 aliphatic heterocycles. The number of carbonyl (C=O) groups is 1. The molecule has 0 atom stereocenters. The Morgan fingerprint density at radius 3 is 2.36 bits per heavy atom. The van der Waals surface area contributed by atoms with E-state index in [2.05, 4.69) is 5.32 Å². The quantitative estimate of drug-likeness (QED) is 0.938. The highest BCUT2D eigenvalue weighted by Crippen LogP contribution is 2.18. The maximum absolute atomic E-state index is 12.3. The summed E-state index contributed by atoms with van der Waals surface area (Å²) < 4.78 is 23.4. The van der Waals surface area contributed by atoms with Gasteiger partial charge in [0.05, 0.1) is 22.9 Å². The van der Waals surface area contributed by atoms with Gasteiger partial charge in [0.15, 0.2) is 9.84 Å². The minimum atomic E-state index is -3.48. The van der Waals surface area contributed by atoms with Crippen LogP contribution in [0, 0.1) is 11.3 Å². The minimum absolute atomic E-state index is 0.00593. The molecule has 6 heteroatoms. The van der Waals surface area contributed by atoms with Crippen molar-refractivity contribution >= 4 is 21.4 Å². The second-order valence-corrected chi connectivity index (χ2v) is 6.74. The Bertz CT molecular complexity index is 834. The van der Waals surface area contributed by atoms with Crippen LogP contribution in [0.4, 0.5) is 5.69 Å². The van der Waals surface area contributed by atoms with Gasteiger partial charge in [-0.25, -0.2) is 8.42 Å². The van der Waals surface area contributed by atoms with E-state index in [1.807, 2.05) is 6.07 Å². The number of hydrogen-bond donors (Lipinski definition) is 1. The van der Waals surface area contributed by atoms with Gasteiger partial charge < -0.3 is 5.32 Å². The third kappa shape index (κ3) is 3.71. The van der Waals surface area contributed by atoms with Crippen molar-refractivity contribution in [2.45, 2.75) is 11.3 Å². The molecule has 0 saturated carbocycles. The lowest BCUT2D eigenvalue weighted by molar-refractivity contribution is 0.102. The van der Waals surface area contributed by atoms with Crippen molar-refractivity contribution in [3.63, 3.8) is 0 Å². The molecule has 0 aromatic heterocycles. The van der Waals surface area contributed by atoms with Crippen LogP contribution in [0.3, 0.4) is 0 Å². The predicted octanol–water partition coefficient (Wildman–Crippen LogP) is 2.41. The van der Waals surface area contributed by atoms with E-state index in [9.17, 15) is 13.2 Å². The van der Waals surface area contributed by atoms with Gasteiger partial charge >= 0.3 is 0 Å². The molecular formula is C16H14N2O3S. The molecule has 1 N–H and O–H groups in total. The monoisotopic (exact) mass is 314 g/mol. The lowest BCUT2D eigenvalue weighted by Crippen LogP contribution is -2.16. The Labute approximate surface area is 129 Å². The summed E-state index contributed by atoms with van der Waals surface area (Å²) in [6.45, 7) is 0. The number of hydrogen-bond acceptors (Lipinski definition) is 4. The summed E-state index contributed by atoms with van der Waals surface area (Å²) in [5.74, 6) is -0.492. The first-order valence-electron chi connectivity index (χ1n) is 6.48. The molecule has 22 heavy (non-hydrogen) atoms. The van der Waals surface area contributed by atoms with Crippen LogP contribution in [-0.4, -0.2) is 20.6 Å². The summed E-state index contributed by atoms with van der Waals surface area (Å²) in [7, 11) is -3.48. The van der Waals surface area contributed by atoms with Gasteiger partial charge in [-0.15, -0.1) is 0 Å². The zero-order valence-electron chi connectivity index (χ0n) is 11.9. The molecule has 0 aliphatic carbocycles. The van der Waals surface area contributed by atoms with E-state index in [-0.39, 0.29) is 10.5 Å². The molecule has 2 rings (SSSR count). The summed E-state index contributed by atoms with van der Waals surface area (Å²) in [4.78, 5) is 12.3. The molecule has 0 fully saturated rings. The first kappa shape index (κ1) is 15.7. The number of carbonyl (C=O) groups excluding carboxylic acids is 1. The van der Waals surface area contributed by atoms with Gasteiger partial charge in [-0.3, -0.25) is 4.79 Å². The summed E-state index contributed by atoms with van der Waals surface area (Å²) in [5.41, 5.74) is 1.48. The number of nitriles is 1. The maximum atomic E-state index is 12.3. The molecule has 0 radical (unpaired) electrons. The van der Waals surface area contributed by atoms with Crippen molar-refractivity contribution in [3.05, 3.63) is 59.7 Å². The molecule has 2 aromatic carbocycles. The van der Waals surface area contributed by atoms with Crippen molar-refractivity contribution in [1.29, 1.82) is 5.26 Å². The average Bonchev–Trinajstić information content (AvgIpc) is 2.48. The number of nitrogens with one attached hydrogen (secondary N) is 1. The Kier molecular flexibility index (Phi) is 4.59. The second kappa shape index (κ2) is 6.41. The summed E-state index contributed by atoms with van der Waals surface area (Å²) in [6.07, 6.45) is 1.36. The highest BCUT2D eigenvalue weighted by Gasteiger charge is 2.18. The molecule has 112 valence electrons. The average molecular weight is 314 g/mol. The van der Waals surface area contributed by atoms with Gasteiger partial charge in [-0.2, -0.15) is 5.26 Å². The van der Waals surface area contributed by atoms with Gasteiger partial charge in [0.25, 0.3) is 5.91 Å².